The van der Waals surface area contributed by atoms with Gasteiger partial charge in [-0.15, -0.1) is 0 Å². The van der Waals surface area contributed by atoms with Crippen LogP contribution in [0.4, 0.5) is 0 Å². The first-order valence-corrected chi connectivity index (χ1v) is 7.46. The van der Waals surface area contributed by atoms with Crippen LogP contribution in [0.15, 0.2) is 0 Å². The number of likely N-dealkylation sites (N-methyl/N-ethyl adjacent to an activating group) is 1. The van der Waals surface area contributed by atoms with E-state index in [-0.39, 0.29) is 11.8 Å². The number of carbonyl (C=O) groups is 2. The smallest absolute Gasteiger partial charge is 0.244 e. The number of nitrogens with zero attached hydrogens (tertiary/aromatic N) is 2. The van der Waals surface area contributed by atoms with Crippen LogP contribution in [0.5, 0.6) is 0 Å². The predicted octanol–water partition coefficient (Wildman–Crippen LogP) is 1.83. The highest BCUT2D eigenvalue weighted by molar-refractivity contribution is 5.87. The Morgan fingerprint density at radius 2 is 2.00 bits per heavy atom. The van der Waals surface area contributed by atoms with Gasteiger partial charge < -0.3 is 10.2 Å². The molecule has 1 fully saturated rings. The minimum atomic E-state index is -0.519. The fourth-order valence-corrected chi connectivity index (χ4v) is 2.67. The van der Waals surface area contributed by atoms with Gasteiger partial charge in [0.1, 0.15) is 6.04 Å². The Labute approximate surface area is 121 Å². The molecule has 0 bridgehead atoms. The van der Waals surface area contributed by atoms with Crippen LogP contribution in [-0.4, -0.2) is 36.3 Å². The lowest BCUT2D eigenvalue weighted by Crippen LogP contribution is -2.46. The lowest BCUT2D eigenvalue weighted by Gasteiger charge is -2.24. The van der Waals surface area contributed by atoms with E-state index in [1.54, 1.807) is 14.0 Å². The van der Waals surface area contributed by atoms with Gasteiger partial charge >= 0.3 is 0 Å². The second-order valence-corrected chi connectivity index (χ2v) is 5.67. The largest absolute Gasteiger partial charge is 0.345 e. The highest BCUT2D eigenvalue weighted by Crippen LogP contribution is 2.26. The minimum Gasteiger partial charge on any atom is -0.345 e. The third-order valence-corrected chi connectivity index (χ3v) is 3.88. The maximum Gasteiger partial charge on any atom is 0.244 e. The molecule has 0 saturated heterocycles. The van der Waals surface area contributed by atoms with Crippen molar-refractivity contribution in [1.82, 2.24) is 10.2 Å². The average molecular weight is 279 g/mol. The third-order valence-electron chi connectivity index (χ3n) is 3.88. The van der Waals surface area contributed by atoms with Gasteiger partial charge in [0, 0.05) is 20.0 Å². The van der Waals surface area contributed by atoms with E-state index < -0.39 is 6.04 Å². The van der Waals surface area contributed by atoms with Gasteiger partial charge in [0.05, 0.1) is 12.5 Å². The Kier molecular flexibility index (Phi) is 7.06. The van der Waals surface area contributed by atoms with Gasteiger partial charge in [-0.2, -0.15) is 5.26 Å². The van der Waals surface area contributed by atoms with Crippen LogP contribution in [0.2, 0.25) is 0 Å². The zero-order valence-corrected chi connectivity index (χ0v) is 12.5. The molecule has 0 aliphatic heterocycles. The van der Waals surface area contributed by atoms with E-state index in [0.29, 0.717) is 25.3 Å². The summed E-state index contributed by atoms with van der Waals surface area (Å²) in [7, 11) is 1.66. The maximum absolute atomic E-state index is 12.0. The lowest BCUT2D eigenvalue weighted by atomic mass is 9.87. The fraction of sp³-hybridized carbons (Fsp3) is 0.800. The summed E-state index contributed by atoms with van der Waals surface area (Å²) >= 11 is 0. The van der Waals surface area contributed by atoms with Crippen molar-refractivity contribution in [2.24, 2.45) is 5.92 Å². The molecule has 0 aromatic rings. The topological polar surface area (TPSA) is 73.2 Å². The van der Waals surface area contributed by atoms with E-state index in [9.17, 15) is 9.59 Å². The van der Waals surface area contributed by atoms with Crippen molar-refractivity contribution in [1.29, 1.82) is 5.26 Å². The van der Waals surface area contributed by atoms with Crippen molar-refractivity contribution in [2.75, 3.05) is 13.6 Å². The van der Waals surface area contributed by atoms with E-state index in [4.69, 9.17) is 5.26 Å². The van der Waals surface area contributed by atoms with E-state index in [1.807, 2.05) is 6.07 Å². The van der Waals surface area contributed by atoms with Gasteiger partial charge in [0.25, 0.3) is 0 Å². The molecule has 2 amide bonds. The number of nitriles is 1. The number of hydrogen-bond acceptors (Lipinski definition) is 3. The Morgan fingerprint density at radius 1 is 1.35 bits per heavy atom. The monoisotopic (exact) mass is 279 g/mol. The Balaban J connectivity index is 2.32. The molecule has 1 unspecified atom stereocenters. The average Bonchev–Trinajstić information content (AvgIpc) is 2.44. The molecule has 20 heavy (non-hydrogen) atoms. The first-order chi connectivity index (χ1) is 9.54. The summed E-state index contributed by atoms with van der Waals surface area (Å²) in [6.07, 6.45) is 6.78. The molecule has 0 heterocycles. The lowest BCUT2D eigenvalue weighted by molar-refractivity contribution is -0.135. The van der Waals surface area contributed by atoms with E-state index in [1.165, 1.54) is 24.2 Å². The minimum absolute atomic E-state index is 0.0357. The fourth-order valence-electron chi connectivity index (χ4n) is 2.67. The van der Waals surface area contributed by atoms with Gasteiger partial charge in [0.2, 0.25) is 11.8 Å². The second kappa shape index (κ2) is 8.57. The Bertz CT molecular complexity index is 370. The molecular weight excluding hydrogens is 254 g/mol. The molecule has 1 aliphatic carbocycles. The van der Waals surface area contributed by atoms with Gasteiger partial charge in [0.15, 0.2) is 0 Å². The Hall–Kier alpha value is -1.57. The molecule has 5 heteroatoms. The Morgan fingerprint density at radius 3 is 2.60 bits per heavy atom. The molecule has 1 N–H and O–H groups in total. The van der Waals surface area contributed by atoms with Gasteiger partial charge in [-0.1, -0.05) is 19.3 Å². The summed E-state index contributed by atoms with van der Waals surface area (Å²) in [6.45, 7) is 2.10. The molecule has 0 spiro atoms. The number of nitrogens with one attached hydrogen (secondary N) is 1. The van der Waals surface area contributed by atoms with Gasteiger partial charge in [-0.05, 0) is 25.7 Å². The maximum atomic E-state index is 12.0. The SMILES string of the molecule is CC(NC(=O)CC1CCCCC1)C(=O)N(C)CCC#N. The molecule has 0 aromatic heterocycles. The summed E-state index contributed by atoms with van der Waals surface area (Å²) in [5.41, 5.74) is 0. The van der Waals surface area contributed by atoms with Crippen LogP contribution in [0, 0.1) is 17.2 Å². The van der Waals surface area contributed by atoms with Crippen LogP contribution in [-0.2, 0) is 9.59 Å². The molecule has 1 aliphatic rings. The van der Waals surface area contributed by atoms with Crippen molar-refractivity contribution < 1.29 is 9.59 Å². The zero-order chi connectivity index (χ0) is 15.0. The molecule has 1 atom stereocenters. The second-order valence-electron chi connectivity index (χ2n) is 5.67. The van der Waals surface area contributed by atoms with Crippen molar-refractivity contribution in [3.05, 3.63) is 0 Å². The van der Waals surface area contributed by atoms with E-state index >= 15 is 0 Å². The molecule has 112 valence electrons. The summed E-state index contributed by atoms with van der Waals surface area (Å²) in [5.74, 6) is 0.297. The van der Waals surface area contributed by atoms with Crippen molar-refractivity contribution in [2.45, 2.75) is 57.9 Å². The molecular formula is C15H25N3O2. The highest BCUT2D eigenvalue weighted by Gasteiger charge is 2.22. The normalized spacial score (nSPS) is 17.1. The third kappa shape index (κ3) is 5.60. The number of carbonyl (C=O) groups excluding carboxylic acids is 2. The quantitative estimate of drug-likeness (QED) is 0.806. The number of hydrogen-bond donors (Lipinski definition) is 1. The first-order valence-electron chi connectivity index (χ1n) is 7.46. The molecule has 5 nitrogen and oxygen atoms in total. The van der Waals surface area contributed by atoms with Crippen LogP contribution in [0.3, 0.4) is 0 Å². The van der Waals surface area contributed by atoms with Crippen LogP contribution in [0.25, 0.3) is 0 Å². The van der Waals surface area contributed by atoms with Gasteiger partial charge in [-0.3, -0.25) is 9.59 Å². The van der Waals surface area contributed by atoms with E-state index in [0.717, 1.165) is 12.8 Å². The first kappa shape index (κ1) is 16.5. The zero-order valence-electron chi connectivity index (χ0n) is 12.5. The van der Waals surface area contributed by atoms with Crippen LogP contribution in [0.1, 0.15) is 51.9 Å². The summed E-state index contributed by atoms with van der Waals surface area (Å²) < 4.78 is 0. The molecule has 0 aromatic carbocycles. The van der Waals surface area contributed by atoms with E-state index in [2.05, 4.69) is 5.32 Å². The van der Waals surface area contributed by atoms with Crippen molar-refractivity contribution >= 4 is 11.8 Å². The standard InChI is InChI=1S/C15H25N3O2/c1-12(15(20)18(2)10-6-9-16)17-14(19)11-13-7-4-3-5-8-13/h12-13H,3-8,10-11H2,1-2H3,(H,17,19). The molecule has 0 radical (unpaired) electrons. The number of amides is 2. The predicted molar refractivity (Wildman–Crippen MR) is 76.7 cm³/mol. The summed E-state index contributed by atoms with van der Waals surface area (Å²) in [5, 5.41) is 11.3. The van der Waals surface area contributed by atoms with Crippen LogP contribution < -0.4 is 5.32 Å². The van der Waals surface area contributed by atoms with Crippen molar-refractivity contribution in [3.63, 3.8) is 0 Å². The highest BCUT2D eigenvalue weighted by atomic mass is 16.2. The van der Waals surface area contributed by atoms with Gasteiger partial charge in [-0.25, -0.2) is 0 Å². The molecule has 1 rings (SSSR count). The van der Waals surface area contributed by atoms with Crippen molar-refractivity contribution in [3.8, 4) is 6.07 Å². The number of rotatable bonds is 6. The van der Waals surface area contributed by atoms with Crippen LogP contribution >= 0.6 is 0 Å². The summed E-state index contributed by atoms with van der Waals surface area (Å²) in [6, 6.07) is 1.49. The summed E-state index contributed by atoms with van der Waals surface area (Å²) in [4.78, 5) is 25.4. The molecule has 1 saturated carbocycles.